The maximum absolute atomic E-state index is 13.5. The molecule has 0 bridgehead atoms. The Morgan fingerprint density at radius 3 is 2.59 bits per heavy atom. The van der Waals surface area contributed by atoms with Crippen molar-refractivity contribution in [2.45, 2.75) is 12.6 Å². The van der Waals surface area contributed by atoms with Crippen molar-refractivity contribution in [3.05, 3.63) is 107 Å². The molecule has 4 aromatic carbocycles. The molecule has 0 aromatic heterocycles. The van der Waals surface area contributed by atoms with E-state index in [9.17, 15) is 14.7 Å². The van der Waals surface area contributed by atoms with Gasteiger partial charge in [-0.1, -0.05) is 60.7 Å². The fraction of sp³-hybridized carbons (Fsp3) is 0.133. The molecule has 7 nitrogen and oxygen atoms in total. The van der Waals surface area contributed by atoms with Crippen LogP contribution >= 0.6 is 0 Å². The molecule has 4 aromatic rings. The largest absolute Gasteiger partial charge is 0.507 e. The van der Waals surface area contributed by atoms with E-state index < -0.39 is 17.7 Å². The van der Waals surface area contributed by atoms with Crippen molar-refractivity contribution >= 4 is 28.2 Å². The molecule has 1 N–H and O–H groups in total. The van der Waals surface area contributed by atoms with Crippen molar-refractivity contribution in [1.82, 2.24) is 4.90 Å². The van der Waals surface area contributed by atoms with Crippen LogP contribution in [0.5, 0.6) is 17.2 Å². The van der Waals surface area contributed by atoms with E-state index in [4.69, 9.17) is 14.2 Å². The zero-order chi connectivity index (χ0) is 25.5. The minimum absolute atomic E-state index is 0.0374. The third-order valence-electron chi connectivity index (χ3n) is 6.78. The van der Waals surface area contributed by atoms with Gasteiger partial charge in [0.15, 0.2) is 11.5 Å². The number of ether oxygens (including phenoxy) is 3. The first-order chi connectivity index (χ1) is 18.0. The lowest BCUT2D eigenvalue weighted by Gasteiger charge is -2.26. The summed E-state index contributed by atoms with van der Waals surface area (Å²) in [6, 6.07) is 24.9. The van der Waals surface area contributed by atoms with Crippen molar-refractivity contribution in [1.29, 1.82) is 0 Å². The van der Waals surface area contributed by atoms with Gasteiger partial charge >= 0.3 is 0 Å². The summed E-state index contributed by atoms with van der Waals surface area (Å²) in [7, 11) is 1.55. The number of hydrogen-bond acceptors (Lipinski definition) is 6. The average molecular weight is 494 g/mol. The summed E-state index contributed by atoms with van der Waals surface area (Å²) < 4.78 is 16.3. The van der Waals surface area contributed by atoms with E-state index in [1.54, 1.807) is 43.5 Å². The van der Waals surface area contributed by atoms with Crippen LogP contribution in [0.1, 0.15) is 22.7 Å². The maximum atomic E-state index is 13.5. The molecule has 2 aliphatic rings. The molecule has 1 amide bonds. The number of hydrogen-bond donors (Lipinski definition) is 1. The number of aliphatic hydroxyl groups is 1. The Morgan fingerprint density at radius 1 is 0.946 bits per heavy atom. The van der Waals surface area contributed by atoms with Crippen LogP contribution in [0.3, 0.4) is 0 Å². The first-order valence-corrected chi connectivity index (χ1v) is 11.8. The van der Waals surface area contributed by atoms with E-state index >= 15 is 0 Å². The predicted octanol–water partition coefficient (Wildman–Crippen LogP) is 5.20. The molecule has 2 heterocycles. The van der Waals surface area contributed by atoms with E-state index in [2.05, 4.69) is 0 Å². The molecule has 0 saturated carbocycles. The normalized spacial score (nSPS) is 18.0. The molecule has 37 heavy (non-hydrogen) atoms. The Labute approximate surface area is 213 Å². The first-order valence-electron chi connectivity index (χ1n) is 11.8. The Balaban J connectivity index is 1.51. The smallest absolute Gasteiger partial charge is 0.295 e. The van der Waals surface area contributed by atoms with Crippen LogP contribution in [0.2, 0.25) is 0 Å². The van der Waals surface area contributed by atoms with Crippen LogP contribution in [0, 0.1) is 0 Å². The van der Waals surface area contributed by atoms with Gasteiger partial charge in [0.2, 0.25) is 6.79 Å². The van der Waals surface area contributed by atoms with Gasteiger partial charge in [-0.05, 0) is 46.2 Å². The van der Waals surface area contributed by atoms with Gasteiger partial charge in [0.05, 0.1) is 18.7 Å². The Hall–Kier alpha value is -4.78. The van der Waals surface area contributed by atoms with Crippen LogP contribution in [0.15, 0.2) is 90.5 Å². The highest BCUT2D eigenvalue weighted by molar-refractivity contribution is 6.46. The SMILES string of the molecule is COc1cccc(C2/C(=C(/O)c3cccc4ccccc34)C(=O)C(=O)N2Cc2ccc3c(c2)OCO3)c1. The number of amides is 1. The van der Waals surface area contributed by atoms with Gasteiger partial charge in [0.1, 0.15) is 11.5 Å². The number of aliphatic hydroxyl groups excluding tert-OH is 1. The van der Waals surface area contributed by atoms with Crippen LogP contribution in [-0.2, 0) is 16.1 Å². The van der Waals surface area contributed by atoms with Gasteiger partial charge in [0.25, 0.3) is 11.7 Å². The lowest BCUT2D eigenvalue weighted by Crippen LogP contribution is -2.29. The van der Waals surface area contributed by atoms with E-state index in [1.807, 2.05) is 48.5 Å². The Bertz CT molecular complexity index is 1590. The molecule has 7 heteroatoms. The number of carbonyl (C=O) groups is 2. The van der Waals surface area contributed by atoms with E-state index in [-0.39, 0.29) is 24.7 Å². The highest BCUT2D eigenvalue weighted by atomic mass is 16.7. The van der Waals surface area contributed by atoms with E-state index in [0.29, 0.717) is 28.4 Å². The number of nitrogens with zero attached hydrogens (tertiary/aromatic N) is 1. The molecule has 2 aliphatic heterocycles. The summed E-state index contributed by atoms with van der Waals surface area (Å²) in [6.07, 6.45) is 0. The number of ketones is 1. The summed E-state index contributed by atoms with van der Waals surface area (Å²) in [6.45, 7) is 0.271. The van der Waals surface area contributed by atoms with Crippen molar-refractivity contribution in [3.63, 3.8) is 0 Å². The molecule has 0 radical (unpaired) electrons. The molecule has 1 atom stereocenters. The average Bonchev–Trinajstić information content (AvgIpc) is 3.50. The third-order valence-corrected chi connectivity index (χ3v) is 6.78. The highest BCUT2D eigenvalue weighted by Crippen LogP contribution is 2.42. The van der Waals surface area contributed by atoms with Gasteiger partial charge in [-0.15, -0.1) is 0 Å². The van der Waals surface area contributed by atoms with Crippen LogP contribution in [0.4, 0.5) is 0 Å². The Kier molecular flexibility index (Phi) is 5.53. The number of fused-ring (bicyclic) bond motifs is 2. The summed E-state index contributed by atoms with van der Waals surface area (Å²) in [5, 5.41) is 13.3. The summed E-state index contributed by atoms with van der Waals surface area (Å²) >= 11 is 0. The molecule has 1 saturated heterocycles. The zero-order valence-corrected chi connectivity index (χ0v) is 20.0. The molecular weight excluding hydrogens is 470 g/mol. The van der Waals surface area contributed by atoms with Gasteiger partial charge in [-0.3, -0.25) is 9.59 Å². The molecule has 184 valence electrons. The number of likely N-dealkylation sites (tertiary alicyclic amines) is 1. The summed E-state index contributed by atoms with van der Waals surface area (Å²) in [5.41, 5.74) is 1.95. The van der Waals surface area contributed by atoms with Gasteiger partial charge in [-0.2, -0.15) is 0 Å². The molecular formula is C30H23NO6. The van der Waals surface area contributed by atoms with Gasteiger partial charge in [0, 0.05) is 12.1 Å². The van der Waals surface area contributed by atoms with Gasteiger partial charge < -0.3 is 24.2 Å². The van der Waals surface area contributed by atoms with Crippen LogP contribution < -0.4 is 14.2 Å². The summed E-state index contributed by atoms with van der Waals surface area (Å²) in [5.74, 6) is 0.160. The number of methoxy groups -OCH3 is 1. The minimum atomic E-state index is -0.820. The second-order valence-electron chi connectivity index (χ2n) is 8.92. The van der Waals surface area contributed by atoms with Crippen molar-refractivity contribution in [3.8, 4) is 17.2 Å². The standard InChI is InChI=1S/C30H23NO6/c1-35-21-9-4-8-20(15-21)27-26(28(32)23-11-5-7-19-6-2-3-10-22(19)23)29(33)30(34)31(27)16-18-12-13-24-25(14-18)37-17-36-24/h2-15,27,32H,16-17H2,1H3/b28-26-. The van der Waals surface area contributed by atoms with Crippen molar-refractivity contribution < 1.29 is 28.9 Å². The Morgan fingerprint density at radius 2 is 1.73 bits per heavy atom. The van der Waals surface area contributed by atoms with Crippen molar-refractivity contribution in [2.75, 3.05) is 13.9 Å². The molecule has 0 aliphatic carbocycles. The highest BCUT2D eigenvalue weighted by Gasteiger charge is 2.46. The zero-order valence-electron chi connectivity index (χ0n) is 20.0. The second kappa shape index (κ2) is 9.02. The number of rotatable bonds is 5. The first kappa shape index (κ1) is 22.7. The minimum Gasteiger partial charge on any atom is -0.507 e. The summed E-state index contributed by atoms with van der Waals surface area (Å²) in [4.78, 5) is 28.4. The number of carbonyl (C=O) groups excluding carboxylic acids is 2. The van der Waals surface area contributed by atoms with Crippen molar-refractivity contribution in [2.24, 2.45) is 0 Å². The quantitative estimate of drug-likeness (QED) is 0.234. The number of Topliss-reactive ketones (excluding diaryl/α,β-unsaturated/α-hetero) is 1. The van der Waals surface area contributed by atoms with Crippen LogP contribution in [0.25, 0.3) is 16.5 Å². The molecule has 0 spiro atoms. The number of benzene rings is 4. The lowest BCUT2D eigenvalue weighted by atomic mass is 9.93. The predicted molar refractivity (Wildman–Crippen MR) is 137 cm³/mol. The third kappa shape index (κ3) is 3.85. The molecule has 6 rings (SSSR count). The molecule has 1 fully saturated rings. The lowest BCUT2D eigenvalue weighted by molar-refractivity contribution is -0.140. The monoisotopic (exact) mass is 493 g/mol. The van der Waals surface area contributed by atoms with E-state index in [1.165, 1.54) is 4.90 Å². The van der Waals surface area contributed by atoms with Crippen LogP contribution in [-0.4, -0.2) is 35.6 Å². The van der Waals surface area contributed by atoms with Gasteiger partial charge in [-0.25, -0.2) is 0 Å². The maximum Gasteiger partial charge on any atom is 0.295 e. The topological polar surface area (TPSA) is 85.3 Å². The van der Waals surface area contributed by atoms with E-state index in [0.717, 1.165) is 16.3 Å². The fourth-order valence-corrected chi connectivity index (χ4v) is 5.01. The fourth-order valence-electron chi connectivity index (χ4n) is 5.01. The second-order valence-corrected chi connectivity index (χ2v) is 8.92. The molecule has 1 unspecified atom stereocenters.